The summed E-state index contributed by atoms with van der Waals surface area (Å²) >= 11 is 0. The second-order valence-electron chi connectivity index (χ2n) is 6.22. The summed E-state index contributed by atoms with van der Waals surface area (Å²) in [7, 11) is 0. The van der Waals surface area contributed by atoms with Crippen LogP contribution in [0.15, 0.2) is 36.4 Å². The van der Waals surface area contributed by atoms with E-state index in [0.717, 1.165) is 11.3 Å². The van der Waals surface area contributed by atoms with Crippen molar-refractivity contribution in [3.8, 4) is 17.6 Å². The predicted molar refractivity (Wildman–Crippen MR) is 85.5 cm³/mol. The number of nitrogens with zero attached hydrogens (tertiary/aromatic N) is 1. The summed E-state index contributed by atoms with van der Waals surface area (Å²) in [5.74, 6) is 1.30. The third-order valence-electron chi connectivity index (χ3n) is 3.29. The molecule has 0 atom stereocenters. The molecule has 3 heteroatoms. The topological polar surface area (TPSA) is 59.0 Å². The molecule has 2 aromatic rings. The highest BCUT2D eigenvalue weighted by atomic mass is 16.5. The normalized spacial score (nSPS) is 11.0. The average Bonchev–Trinajstić information content (AvgIpc) is 2.41. The van der Waals surface area contributed by atoms with Gasteiger partial charge in [-0.05, 0) is 36.6 Å². The fourth-order valence-corrected chi connectivity index (χ4v) is 2.16. The fraction of sp³-hybridized carbons (Fsp3) is 0.278. The largest absolute Gasteiger partial charge is 0.456 e. The number of nitrogen functional groups attached to an aromatic ring is 1. The Labute approximate surface area is 126 Å². The molecule has 0 amide bonds. The molecule has 0 aliphatic heterocycles. The van der Waals surface area contributed by atoms with Gasteiger partial charge in [0.1, 0.15) is 17.6 Å². The van der Waals surface area contributed by atoms with Gasteiger partial charge < -0.3 is 10.5 Å². The van der Waals surface area contributed by atoms with Gasteiger partial charge >= 0.3 is 0 Å². The summed E-state index contributed by atoms with van der Waals surface area (Å²) in [6.45, 7) is 8.48. The molecule has 3 nitrogen and oxygen atoms in total. The molecular weight excluding hydrogens is 260 g/mol. The molecule has 0 fully saturated rings. The minimum absolute atomic E-state index is 0.0397. The van der Waals surface area contributed by atoms with E-state index in [1.165, 1.54) is 5.56 Å². The number of rotatable bonds is 2. The monoisotopic (exact) mass is 280 g/mol. The van der Waals surface area contributed by atoms with Gasteiger partial charge in [-0.1, -0.05) is 38.5 Å². The first-order valence-electron chi connectivity index (χ1n) is 6.90. The number of nitriles is 1. The van der Waals surface area contributed by atoms with Crippen LogP contribution < -0.4 is 10.5 Å². The molecule has 21 heavy (non-hydrogen) atoms. The van der Waals surface area contributed by atoms with Crippen LogP contribution in [0.1, 0.15) is 37.5 Å². The third kappa shape index (κ3) is 3.35. The molecular formula is C18H20N2O. The van der Waals surface area contributed by atoms with E-state index in [1.54, 1.807) is 18.2 Å². The Balaban J connectivity index is 2.48. The Hall–Kier alpha value is -2.47. The van der Waals surface area contributed by atoms with Crippen LogP contribution in [0.5, 0.6) is 11.5 Å². The van der Waals surface area contributed by atoms with E-state index < -0.39 is 0 Å². The number of anilines is 1. The van der Waals surface area contributed by atoms with Crippen LogP contribution >= 0.6 is 0 Å². The van der Waals surface area contributed by atoms with Gasteiger partial charge in [-0.2, -0.15) is 5.26 Å². The Morgan fingerprint density at radius 2 is 1.71 bits per heavy atom. The van der Waals surface area contributed by atoms with E-state index in [0.29, 0.717) is 17.0 Å². The molecule has 0 saturated carbocycles. The van der Waals surface area contributed by atoms with E-state index in [9.17, 15) is 5.26 Å². The zero-order valence-electron chi connectivity index (χ0n) is 12.9. The van der Waals surface area contributed by atoms with E-state index in [4.69, 9.17) is 10.5 Å². The van der Waals surface area contributed by atoms with Crippen molar-refractivity contribution in [2.45, 2.75) is 33.1 Å². The van der Waals surface area contributed by atoms with Gasteiger partial charge in [0.25, 0.3) is 0 Å². The minimum atomic E-state index is -0.0397. The average molecular weight is 280 g/mol. The highest BCUT2D eigenvalue weighted by molar-refractivity contribution is 5.55. The molecule has 0 radical (unpaired) electrons. The third-order valence-corrected chi connectivity index (χ3v) is 3.29. The van der Waals surface area contributed by atoms with Crippen LogP contribution in [0.25, 0.3) is 0 Å². The standard InChI is InChI=1S/C18H20N2O/c1-12-5-7-17(15(9-12)18(2,3)4)21-16-8-6-14(20)10-13(16)11-19/h5-10H,20H2,1-4H3. The highest BCUT2D eigenvalue weighted by Crippen LogP contribution is 2.36. The van der Waals surface area contributed by atoms with E-state index >= 15 is 0 Å². The van der Waals surface area contributed by atoms with Crippen molar-refractivity contribution in [1.29, 1.82) is 5.26 Å². The van der Waals surface area contributed by atoms with Crippen LogP contribution in [0, 0.1) is 18.3 Å². The van der Waals surface area contributed by atoms with Crippen LogP contribution in [0.3, 0.4) is 0 Å². The van der Waals surface area contributed by atoms with Crippen LogP contribution in [0.4, 0.5) is 5.69 Å². The molecule has 0 saturated heterocycles. The minimum Gasteiger partial charge on any atom is -0.456 e. The lowest BCUT2D eigenvalue weighted by Gasteiger charge is -2.23. The van der Waals surface area contributed by atoms with Gasteiger partial charge in [0.15, 0.2) is 0 Å². The van der Waals surface area contributed by atoms with E-state index in [-0.39, 0.29) is 5.41 Å². The van der Waals surface area contributed by atoms with Crippen molar-refractivity contribution in [1.82, 2.24) is 0 Å². The first-order valence-corrected chi connectivity index (χ1v) is 6.90. The van der Waals surface area contributed by atoms with Gasteiger partial charge in [-0.3, -0.25) is 0 Å². The van der Waals surface area contributed by atoms with Crippen LogP contribution in [0.2, 0.25) is 0 Å². The predicted octanol–water partition coefficient (Wildman–Crippen LogP) is 4.54. The smallest absolute Gasteiger partial charge is 0.145 e. The number of benzene rings is 2. The molecule has 2 N–H and O–H groups in total. The molecule has 108 valence electrons. The summed E-state index contributed by atoms with van der Waals surface area (Å²) < 4.78 is 5.99. The lowest BCUT2D eigenvalue weighted by molar-refractivity contribution is 0.454. The maximum atomic E-state index is 9.21. The molecule has 0 aliphatic carbocycles. The quantitative estimate of drug-likeness (QED) is 0.822. The molecule has 0 unspecified atom stereocenters. The Kier molecular flexibility index (Phi) is 3.90. The highest BCUT2D eigenvalue weighted by Gasteiger charge is 2.20. The second-order valence-corrected chi connectivity index (χ2v) is 6.22. The van der Waals surface area contributed by atoms with Gasteiger partial charge in [-0.25, -0.2) is 0 Å². The maximum absolute atomic E-state index is 9.21. The number of aryl methyl sites for hydroxylation is 1. The van der Waals surface area contributed by atoms with Gasteiger partial charge in [-0.15, -0.1) is 0 Å². The molecule has 0 aromatic heterocycles. The summed E-state index contributed by atoms with van der Waals surface area (Å²) in [6, 6.07) is 13.3. The Morgan fingerprint density at radius 1 is 1.05 bits per heavy atom. The second kappa shape index (κ2) is 5.49. The number of hydrogen-bond acceptors (Lipinski definition) is 3. The Bertz CT molecular complexity index is 706. The molecule has 2 aromatic carbocycles. The summed E-state index contributed by atoms with van der Waals surface area (Å²) in [6.07, 6.45) is 0. The van der Waals surface area contributed by atoms with Crippen molar-refractivity contribution >= 4 is 5.69 Å². The van der Waals surface area contributed by atoms with Crippen LogP contribution in [-0.4, -0.2) is 0 Å². The molecule has 0 aliphatic rings. The van der Waals surface area contributed by atoms with Crippen molar-refractivity contribution in [2.24, 2.45) is 0 Å². The molecule has 2 rings (SSSR count). The van der Waals surface area contributed by atoms with Crippen LogP contribution in [-0.2, 0) is 5.41 Å². The SMILES string of the molecule is Cc1ccc(Oc2ccc(N)cc2C#N)c(C(C)(C)C)c1. The number of hydrogen-bond donors (Lipinski definition) is 1. The van der Waals surface area contributed by atoms with E-state index in [1.807, 2.05) is 12.1 Å². The van der Waals surface area contributed by atoms with Crippen molar-refractivity contribution in [3.05, 3.63) is 53.1 Å². The van der Waals surface area contributed by atoms with Gasteiger partial charge in [0.2, 0.25) is 0 Å². The number of ether oxygens (including phenoxy) is 1. The summed E-state index contributed by atoms with van der Waals surface area (Å²) in [5, 5.41) is 9.21. The summed E-state index contributed by atoms with van der Waals surface area (Å²) in [4.78, 5) is 0. The molecule has 0 spiro atoms. The van der Waals surface area contributed by atoms with Gasteiger partial charge in [0.05, 0.1) is 5.56 Å². The zero-order valence-corrected chi connectivity index (χ0v) is 12.9. The van der Waals surface area contributed by atoms with E-state index in [2.05, 4.69) is 39.8 Å². The van der Waals surface area contributed by atoms with Crippen molar-refractivity contribution in [3.63, 3.8) is 0 Å². The maximum Gasteiger partial charge on any atom is 0.145 e. The van der Waals surface area contributed by atoms with Gasteiger partial charge in [0, 0.05) is 11.3 Å². The lowest BCUT2D eigenvalue weighted by Crippen LogP contribution is -2.13. The Morgan fingerprint density at radius 3 is 2.33 bits per heavy atom. The molecule has 0 heterocycles. The molecule has 0 bridgehead atoms. The van der Waals surface area contributed by atoms with Crippen molar-refractivity contribution in [2.75, 3.05) is 5.73 Å². The number of nitrogens with two attached hydrogens (primary N) is 1. The first kappa shape index (κ1) is 14.9. The fourth-order valence-electron chi connectivity index (χ4n) is 2.16. The van der Waals surface area contributed by atoms with Crippen molar-refractivity contribution < 1.29 is 4.74 Å². The first-order chi connectivity index (χ1) is 9.81. The summed E-state index contributed by atoms with van der Waals surface area (Å²) in [5.41, 5.74) is 8.96. The zero-order chi connectivity index (χ0) is 15.6. The lowest BCUT2D eigenvalue weighted by atomic mass is 9.85.